The lowest BCUT2D eigenvalue weighted by Crippen LogP contribution is -2.45. The average molecular weight is 377 g/mol. The summed E-state index contributed by atoms with van der Waals surface area (Å²) in [6.45, 7) is 1.94. The van der Waals surface area contributed by atoms with Crippen LogP contribution in [0.5, 0.6) is 0 Å². The Labute approximate surface area is 160 Å². The Bertz CT molecular complexity index is 1230. The third-order valence-corrected chi connectivity index (χ3v) is 5.78. The van der Waals surface area contributed by atoms with Crippen LogP contribution in [-0.2, 0) is 28.3 Å². The molecule has 7 heteroatoms. The van der Waals surface area contributed by atoms with Gasteiger partial charge in [0.15, 0.2) is 5.60 Å². The molecule has 0 bridgehead atoms. The second-order valence-corrected chi connectivity index (χ2v) is 7.20. The average Bonchev–Trinajstić information content (AvgIpc) is 3.08. The van der Waals surface area contributed by atoms with Crippen molar-refractivity contribution in [2.24, 2.45) is 0 Å². The molecule has 7 nitrogen and oxygen atoms in total. The molecule has 0 spiro atoms. The quantitative estimate of drug-likeness (QED) is 0.520. The van der Waals surface area contributed by atoms with Crippen LogP contribution in [0.3, 0.4) is 0 Å². The van der Waals surface area contributed by atoms with E-state index in [1.54, 1.807) is 18.5 Å². The zero-order valence-corrected chi connectivity index (χ0v) is 15.6. The first kappa shape index (κ1) is 16.9. The van der Waals surface area contributed by atoms with Gasteiger partial charge in [0.1, 0.15) is 6.61 Å². The summed E-state index contributed by atoms with van der Waals surface area (Å²) in [7, 11) is 1.72. The number of hydrogen-bond donors (Lipinski definition) is 2. The monoisotopic (exact) mass is 377 g/mol. The van der Waals surface area contributed by atoms with E-state index in [0.717, 1.165) is 16.5 Å². The van der Waals surface area contributed by atoms with Crippen LogP contribution >= 0.6 is 0 Å². The minimum absolute atomic E-state index is 0.106. The molecule has 1 aromatic carbocycles. The summed E-state index contributed by atoms with van der Waals surface area (Å²) < 4.78 is 6.79. The maximum Gasteiger partial charge on any atom is 0.343 e. The van der Waals surface area contributed by atoms with Crippen LogP contribution in [0.25, 0.3) is 22.3 Å². The number of cyclic esters (lactones) is 1. The lowest BCUT2D eigenvalue weighted by Gasteiger charge is -2.34. The van der Waals surface area contributed by atoms with Crippen LogP contribution in [0.15, 0.2) is 35.1 Å². The number of rotatable bonds is 2. The van der Waals surface area contributed by atoms with E-state index in [4.69, 9.17) is 9.72 Å². The second kappa shape index (κ2) is 5.65. The van der Waals surface area contributed by atoms with Crippen molar-refractivity contribution in [3.63, 3.8) is 0 Å². The predicted molar refractivity (Wildman–Crippen MR) is 104 cm³/mol. The van der Waals surface area contributed by atoms with Crippen LogP contribution in [0, 0.1) is 0 Å². The smallest absolute Gasteiger partial charge is 0.343 e. The van der Waals surface area contributed by atoms with Crippen LogP contribution in [0.4, 0.5) is 5.69 Å². The maximum atomic E-state index is 13.3. The van der Waals surface area contributed by atoms with Crippen molar-refractivity contribution in [2.75, 3.05) is 12.4 Å². The Hall–Kier alpha value is -3.19. The van der Waals surface area contributed by atoms with Gasteiger partial charge in [-0.15, -0.1) is 0 Å². The zero-order valence-electron chi connectivity index (χ0n) is 15.6. The number of carbonyl (C=O) groups excluding carboxylic acids is 1. The molecule has 5 rings (SSSR count). The summed E-state index contributed by atoms with van der Waals surface area (Å²) >= 11 is 0. The van der Waals surface area contributed by atoms with Crippen LogP contribution in [0.2, 0.25) is 0 Å². The molecule has 0 saturated carbocycles. The minimum Gasteiger partial charge on any atom is -0.458 e. The Morgan fingerprint density at radius 3 is 2.86 bits per heavy atom. The number of ether oxygens (including phenoxy) is 1. The standard InChI is InChI=1S/C21H19N3O4/c1-3-21(27)15-13(10-28-20(21)26)19(25)24-9-12-8-11-6-4-5-7-14(11)23-16(12)18(24)17(15)22-2/h4-8,22,27H,3,9-10H2,1-2H3/t21-/m0/s1. The van der Waals surface area contributed by atoms with Gasteiger partial charge >= 0.3 is 5.97 Å². The van der Waals surface area contributed by atoms with Crippen molar-refractivity contribution in [3.8, 4) is 11.4 Å². The fourth-order valence-electron chi connectivity index (χ4n) is 4.34. The molecule has 0 unspecified atom stereocenters. The molecule has 142 valence electrons. The molecule has 3 aromatic rings. The fraction of sp³-hybridized carbons (Fsp3) is 0.286. The maximum absolute atomic E-state index is 13.3. The number of esters is 1. The lowest BCUT2D eigenvalue weighted by atomic mass is 9.84. The molecule has 2 aromatic heterocycles. The molecule has 28 heavy (non-hydrogen) atoms. The Kier molecular flexibility index (Phi) is 3.42. The molecular weight excluding hydrogens is 358 g/mol. The van der Waals surface area contributed by atoms with Crippen LogP contribution < -0.4 is 10.9 Å². The predicted octanol–water partition coefficient (Wildman–Crippen LogP) is 2.12. The van der Waals surface area contributed by atoms with E-state index >= 15 is 0 Å². The number of carbonyl (C=O) groups is 1. The van der Waals surface area contributed by atoms with Gasteiger partial charge in [-0.3, -0.25) is 4.79 Å². The summed E-state index contributed by atoms with van der Waals surface area (Å²) in [5.41, 5.74) is 2.12. The first-order chi connectivity index (χ1) is 13.5. The Morgan fingerprint density at radius 1 is 1.32 bits per heavy atom. The SMILES string of the molecule is CC[C@@]1(O)C(=O)OCc2c1c(NC)c1n(c2=O)Cc2cc3ccccc3nc2-1. The summed E-state index contributed by atoms with van der Waals surface area (Å²) in [5, 5.41) is 15.2. The molecule has 0 amide bonds. The summed E-state index contributed by atoms with van der Waals surface area (Å²) in [6.07, 6.45) is 0.106. The molecule has 0 saturated heterocycles. The van der Waals surface area contributed by atoms with Gasteiger partial charge in [0.05, 0.1) is 34.7 Å². The van der Waals surface area contributed by atoms with E-state index in [1.165, 1.54) is 0 Å². The summed E-state index contributed by atoms with van der Waals surface area (Å²) in [5.74, 6) is -0.729. The highest BCUT2D eigenvalue weighted by Gasteiger charge is 2.47. The van der Waals surface area contributed by atoms with Gasteiger partial charge in [0.25, 0.3) is 5.56 Å². The van der Waals surface area contributed by atoms with Crippen molar-refractivity contribution < 1.29 is 14.6 Å². The molecular formula is C21H19N3O4. The van der Waals surface area contributed by atoms with Gasteiger partial charge < -0.3 is 19.7 Å². The molecule has 0 aliphatic carbocycles. The van der Waals surface area contributed by atoms with E-state index in [2.05, 4.69) is 5.32 Å². The van der Waals surface area contributed by atoms with Crippen LogP contribution in [0.1, 0.15) is 30.0 Å². The number of aromatic nitrogens is 2. The number of anilines is 1. The van der Waals surface area contributed by atoms with Gasteiger partial charge in [0.2, 0.25) is 0 Å². The van der Waals surface area contributed by atoms with Crippen molar-refractivity contribution in [3.05, 3.63) is 57.4 Å². The molecule has 1 atom stereocenters. The van der Waals surface area contributed by atoms with E-state index < -0.39 is 11.6 Å². The van der Waals surface area contributed by atoms with Crippen LogP contribution in [-0.4, -0.2) is 27.7 Å². The highest BCUT2D eigenvalue weighted by atomic mass is 16.6. The first-order valence-corrected chi connectivity index (χ1v) is 9.26. The summed E-state index contributed by atoms with van der Waals surface area (Å²) in [6, 6.07) is 9.82. The minimum atomic E-state index is -1.86. The van der Waals surface area contributed by atoms with Crippen molar-refractivity contribution in [1.82, 2.24) is 9.55 Å². The highest BCUT2D eigenvalue weighted by molar-refractivity contribution is 5.92. The largest absolute Gasteiger partial charge is 0.458 e. The number of aliphatic hydroxyl groups is 1. The topological polar surface area (TPSA) is 93.5 Å². The molecule has 2 aliphatic rings. The van der Waals surface area contributed by atoms with Gasteiger partial charge in [-0.25, -0.2) is 9.78 Å². The number of fused-ring (bicyclic) bond motifs is 5. The molecule has 2 aliphatic heterocycles. The van der Waals surface area contributed by atoms with E-state index in [1.807, 2.05) is 30.3 Å². The van der Waals surface area contributed by atoms with E-state index in [0.29, 0.717) is 34.7 Å². The number of nitrogens with zero attached hydrogens (tertiary/aromatic N) is 2. The number of hydrogen-bond acceptors (Lipinski definition) is 6. The Morgan fingerprint density at radius 2 is 2.11 bits per heavy atom. The zero-order chi connectivity index (χ0) is 19.6. The second-order valence-electron chi connectivity index (χ2n) is 7.20. The fourth-order valence-corrected chi connectivity index (χ4v) is 4.34. The highest BCUT2D eigenvalue weighted by Crippen LogP contribution is 2.45. The Balaban J connectivity index is 1.89. The van der Waals surface area contributed by atoms with Gasteiger partial charge in [0, 0.05) is 23.6 Å². The van der Waals surface area contributed by atoms with Gasteiger partial charge in [-0.1, -0.05) is 25.1 Å². The third kappa shape index (κ3) is 1.99. The number of nitrogens with one attached hydrogen (secondary N) is 1. The molecule has 0 radical (unpaired) electrons. The number of benzene rings is 1. The summed E-state index contributed by atoms with van der Waals surface area (Å²) in [4.78, 5) is 30.4. The normalized spacial score (nSPS) is 19.8. The number of para-hydroxylation sites is 1. The molecule has 4 heterocycles. The lowest BCUT2D eigenvalue weighted by molar-refractivity contribution is -0.172. The van der Waals surface area contributed by atoms with E-state index in [9.17, 15) is 14.7 Å². The third-order valence-electron chi connectivity index (χ3n) is 5.78. The first-order valence-electron chi connectivity index (χ1n) is 9.26. The van der Waals surface area contributed by atoms with E-state index in [-0.39, 0.29) is 18.6 Å². The van der Waals surface area contributed by atoms with Crippen molar-refractivity contribution in [2.45, 2.75) is 32.1 Å². The van der Waals surface area contributed by atoms with Crippen molar-refractivity contribution >= 4 is 22.6 Å². The molecule has 0 fully saturated rings. The number of pyridine rings is 2. The van der Waals surface area contributed by atoms with Gasteiger partial charge in [-0.2, -0.15) is 0 Å². The molecule has 2 N–H and O–H groups in total. The van der Waals surface area contributed by atoms with Gasteiger partial charge in [-0.05, 0) is 18.6 Å². The van der Waals surface area contributed by atoms with Crippen molar-refractivity contribution in [1.29, 1.82) is 0 Å².